The summed E-state index contributed by atoms with van der Waals surface area (Å²) < 4.78 is 28.5. The highest BCUT2D eigenvalue weighted by molar-refractivity contribution is 9.11. The molecule has 0 amide bonds. The maximum Gasteiger partial charge on any atom is 0.312 e. The van der Waals surface area contributed by atoms with Crippen LogP contribution in [-0.4, -0.2) is 15.5 Å². The van der Waals surface area contributed by atoms with Crippen molar-refractivity contribution >= 4 is 42.0 Å². The van der Waals surface area contributed by atoms with E-state index in [1.165, 1.54) is 19.2 Å². The lowest BCUT2D eigenvalue weighted by molar-refractivity contribution is 0.231. The number of hydroxylamine groups is 1. The number of halogens is 2. The lowest BCUT2D eigenvalue weighted by atomic mass is 10.4. The predicted molar refractivity (Wildman–Crippen MR) is 59.2 cm³/mol. The van der Waals surface area contributed by atoms with Crippen molar-refractivity contribution < 1.29 is 12.7 Å². The van der Waals surface area contributed by atoms with Crippen LogP contribution in [0.5, 0.6) is 0 Å². The van der Waals surface area contributed by atoms with Crippen LogP contribution in [0.2, 0.25) is 0 Å². The average Bonchev–Trinajstić information content (AvgIpc) is 2.02. The Hall–Kier alpha value is 0.0500. The fourth-order valence-electron chi connectivity index (χ4n) is 0.831. The van der Waals surface area contributed by atoms with Gasteiger partial charge in [-0.05, 0) is 18.2 Å². The highest BCUT2D eigenvalue weighted by Crippen LogP contribution is 2.23. The van der Waals surface area contributed by atoms with Crippen LogP contribution in [-0.2, 0) is 14.4 Å². The molecule has 7 heteroatoms. The quantitative estimate of drug-likeness (QED) is 0.853. The summed E-state index contributed by atoms with van der Waals surface area (Å²) >= 11 is 6.37. The van der Waals surface area contributed by atoms with Crippen molar-refractivity contribution in [2.75, 3.05) is 7.05 Å². The third kappa shape index (κ3) is 3.03. The molecule has 0 atom stereocenters. The van der Waals surface area contributed by atoms with Gasteiger partial charge in [-0.15, -0.1) is 0 Å². The highest BCUT2D eigenvalue weighted by atomic mass is 79.9. The fourth-order valence-corrected chi connectivity index (χ4v) is 3.29. The van der Waals surface area contributed by atoms with Gasteiger partial charge in [0.05, 0.1) is 4.90 Å². The van der Waals surface area contributed by atoms with Crippen LogP contribution in [0, 0.1) is 0 Å². The van der Waals surface area contributed by atoms with Crippen LogP contribution in [0.4, 0.5) is 0 Å². The molecule has 1 aromatic carbocycles. The number of rotatable bonds is 3. The molecule has 0 heterocycles. The van der Waals surface area contributed by atoms with E-state index in [9.17, 15) is 8.42 Å². The van der Waals surface area contributed by atoms with E-state index < -0.39 is 10.1 Å². The largest absolute Gasteiger partial charge is 0.312 e. The van der Waals surface area contributed by atoms with Gasteiger partial charge in [0.25, 0.3) is 0 Å². The minimum Gasteiger partial charge on any atom is -0.192 e. The minimum absolute atomic E-state index is 0.0769. The van der Waals surface area contributed by atoms with E-state index in [0.29, 0.717) is 8.95 Å². The van der Waals surface area contributed by atoms with Gasteiger partial charge >= 0.3 is 10.1 Å². The van der Waals surface area contributed by atoms with E-state index in [4.69, 9.17) is 0 Å². The van der Waals surface area contributed by atoms with E-state index >= 15 is 0 Å². The van der Waals surface area contributed by atoms with Crippen molar-refractivity contribution in [3.63, 3.8) is 0 Å². The zero-order chi connectivity index (χ0) is 10.8. The van der Waals surface area contributed by atoms with Crippen LogP contribution >= 0.6 is 31.9 Å². The summed E-state index contributed by atoms with van der Waals surface area (Å²) in [5, 5.41) is 0. The Morgan fingerprint density at radius 2 is 1.71 bits per heavy atom. The molecule has 0 aliphatic heterocycles. The zero-order valence-corrected chi connectivity index (χ0v) is 11.1. The second-order valence-electron chi connectivity index (χ2n) is 2.35. The summed E-state index contributed by atoms with van der Waals surface area (Å²) in [5.74, 6) is 0. The number of benzene rings is 1. The first-order valence-corrected chi connectivity index (χ1v) is 6.51. The van der Waals surface area contributed by atoms with Crippen molar-refractivity contribution in [1.82, 2.24) is 5.48 Å². The molecular weight excluding hydrogens is 338 g/mol. The molecule has 1 rings (SSSR count). The Labute approximate surface area is 99.0 Å². The van der Waals surface area contributed by atoms with Gasteiger partial charge in [-0.25, -0.2) is 0 Å². The van der Waals surface area contributed by atoms with Gasteiger partial charge in [0.2, 0.25) is 0 Å². The third-order valence-corrected chi connectivity index (χ3v) is 3.43. The van der Waals surface area contributed by atoms with Crippen LogP contribution in [0.25, 0.3) is 0 Å². The molecule has 0 unspecified atom stereocenters. The van der Waals surface area contributed by atoms with Crippen molar-refractivity contribution in [3.05, 3.63) is 27.1 Å². The molecular formula is C7H7Br2NO3S. The van der Waals surface area contributed by atoms with Gasteiger partial charge in [0.1, 0.15) is 0 Å². The number of hydrogen-bond acceptors (Lipinski definition) is 4. The smallest absolute Gasteiger partial charge is 0.192 e. The molecule has 0 fully saturated rings. The topological polar surface area (TPSA) is 55.4 Å². The van der Waals surface area contributed by atoms with Crippen LogP contribution in [0.3, 0.4) is 0 Å². The molecule has 0 bridgehead atoms. The fraction of sp³-hybridized carbons (Fsp3) is 0.143. The molecule has 78 valence electrons. The summed E-state index contributed by atoms with van der Waals surface area (Å²) in [5.41, 5.74) is 2.13. The van der Waals surface area contributed by atoms with Crippen molar-refractivity contribution in [1.29, 1.82) is 0 Å². The minimum atomic E-state index is -3.73. The Morgan fingerprint density at radius 3 is 2.14 bits per heavy atom. The van der Waals surface area contributed by atoms with Crippen molar-refractivity contribution in [2.45, 2.75) is 4.90 Å². The van der Waals surface area contributed by atoms with Gasteiger partial charge in [-0.1, -0.05) is 31.9 Å². The molecule has 0 saturated carbocycles. The maximum atomic E-state index is 11.4. The van der Waals surface area contributed by atoms with Crippen LogP contribution < -0.4 is 5.48 Å². The van der Waals surface area contributed by atoms with Gasteiger partial charge in [-0.3, -0.25) is 0 Å². The Morgan fingerprint density at radius 1 is 1.21 bits per heavy atom. The predicted octanol–water partition coefficient (Wildman–Crippen LogP) is 2.05. The van der Waals surface area contributed by atoms with Crippen LogP contribution in [0.15, 0.2) is 32.0 Å². The molecule has 4 nitrogen and oxygen atoms in total. The molecule has 0 aliphatic rings. The van der Waals surface area contributed by atoms with E-state index in [0.717, 1.165) is 0 Å². The highest BCUT2D eigenvalue weighted by Gasteiger charge is 2.15. The van der Waals surface area contributed by atoms with E-state index in [-0.39, 0.29) is 4.90 Å². The van der Waals surface area contributed by atoms with E-state index in [1.54, 1.807) is 6.07 Å². The molecule has 0 aliphatic carbocycles. The first kappa shape index (κ1) is 12.1. The third-order valence-electron chi connectivity index (χ3n) is 1.32. The molecule has 0 radical (unpaired) electrons. The second-order valence-corrected chi connectivity index (χ2v) is 5.72. The van der Waals surface area contributed by atoms with E-state index in [2.05, 4.69) is 41.6 Å². The zero-order valence-electron chi connectivity index (χ0n) is 7.12. The summed E-state index contributed by atoms with van der Waals surface area (Å²) in [6, 6.07) is 4.65. The number of hydrogen-bond donors (Lipinski definition) is 1. The summed E-state index contributed by atoms with van der Waals surface area (Å²) in [4.78, 5) is 0.0769. The number of nitrogens with one attached hydrogen (secondary N) is 1. The van der Waals surface area contributed by atoms with Gasteiger partial charge in [0, 0.05) is 16.0 Å². The van der Waals surface area contributed by atoms with Gasteiger partial charge in [-0.2, -0.15) is 18.2 Å². The summed E-state index contributed by atoms with van der Waals surface area (Å²) in [6.07, 6.45) is 0. The molecule has 0 saturated heterocycles. The normalized spacial score (nSPS) is 11.6. The molecule has 14 heavy (non-hydrogen) atoms. The van der Waals surface area contributed by atoms with Gasteiger partial charge < -0.3 is 0 Å². The monoisotopic (exact) mass is 343 g/mol. The molecule has 0 spiro atoms. The lowest BCUT2D eigenvalue weighted by Gasteiger charge is -2.04. The maximum absolute atomic E-state index is 11.4. The van der Waals surface area contributed by atoms with E-state index in [1.807, 2.05) is 0 Å². The summed E-state index contributed by atoms with van der Waals surface area (Å²) in [6.45, 7) is 0. The first-order valence-electron chi connectivity index (χ1n) is 3.52. The standard InChI is InChI=1S/C7H7Br2NO3S/c1-10-13-14(11,12)7-3-5(8)2-6(9)4-7/h2-4,10H,1H3. The van der Waals surface area contributed by atoms with Crippen LogP contribution in [0.1, 0.15) is 0 Å². The molecule has 0 aromatic heterocycles. The second kappa shape index (κ2) is 4.71. The Balaban J connectivity index is 3.19. The molecule has 1 aromatic rings. The first-order chi connectivity index (χ1) is 6.45. The lowest BCUT2D eigenvalue weighted by Crippen LogP contribution is -2.15. The molecule has 1 N–H and O–H groups in total. The van der Waals surface area contributed by atoms with Crippen molar-refractivity contribution in [3.8, 4) is 0 Å². The van der Waals surface area contributed by atoms with Gasteiger partial charge in [0.15, 0.2) is 0 Å². The Bertz CT molecular complexity index is 412. The SMILES string of the molecule is CNOS(=O)(=O)c1cc(Br)cc(Br)c1. The Kier molecular flexibility index (Phi) is 4.08. The summed E-state index contributed by atoms with van der Waals surface area (Å²) in [7, 11) is -2.35. The average molecular weight is 345 g/mol. The van der Waals surface area contributed by atoms with Crippen molar-refractivity contribution in [2.24, 2.45) is 0 Å².